The summed E-state index contributed by atoms with van der Waals surface area (Å²) >= 11 is 0. The van der Waals surface area contributed by atoms with Gasteiger partial charge in [-0.3, -0.25) is 4.90 Å². The fourth-order valence-electron chi connectivity index (χ4n) is 3.20. The number of nitrogens with one attached hydrogen (secondary N) is 1. The molecular formula is C15H31N3O. The predicted molar refractivity (Wildman–Crippen MR) is 79.5 cm³/mol. The minimum atomic E-state index is 0.485. The third kappa shape index (κ3) is 4.42. The van der Waals surface area contributed by atoms with Crippen molar-refractivity contribution in [3.8, 4) is 0 Å². The zero-order chi connectivity index (χ0) is 13.7. The lowest BCUT2D eigenvalue weighted by Crippen LogP contribution is -2.50. The van der Waals surface area contributed by atoms with Gasteiger partial charge in [-0.15, -0.1) is 0 Å². The highest BCUT2D eigenvalue weighted by Gasteiger charge is 2.34. The standard InChI is InChI=1S/C15H31N3O/c1-15(2)4-5-18(13-14(15)12-16-3)7-6-17-8-10-19-11-9-17/h14,16H,4-13H2,1-3H3. The van der Waals surface area contributed by atoms with Crippen molar-refractivity contribution in [1.82, 2.24) is 15.1 Å². The summed E-state index contributed by atoms with van der Waals surface area (Å²) in [5.41, 5.74) is 0.485. The van der Waals surface area contributed by atoms with Crippen molar-refractivity contribution >= 4 is 0 Å². The van der Waals surface area contributed by atoms with E-state index in [1.807, 2.05) is 0 Å². The first-order chi connectivity index (χ1) is 9.12. The summed E-state index contributed by atoms with van der Waals surface area (Å²) in [6.07, 6.45) is 1.32. The smallest absolute Gasteiger partial charge is 0.0594 e. The van der Waals surface area contributed by atoms with Crippen molar-refractivity contribution in [2.75, 3.05) is 66.1 Å². The molecule has 0 amide bonds. The summed E-state index contributed by atoms with van der Waals surface area (Å²) in [5.74, 6) is 0.774. The Morgan fingerprint density at radius 3 is 2.47 bits per heavy atom. The lowest BCUT2D eigenvalue weighted by Gasteiger charge is -2.44. The van der Waals surface area contributed by atoms with Crippen LogP contribution in [0.5, 0.6) is 0 Å². The van der Waals surface area contributed by atoms with Crippen molar-refractivity contribution < 1.29 is 4.74 Å². The molecule has 19 heavy (non-hydrogen) atoms. The van der Waals surface area contributed by atoms with E-state index in [0.717, 1.165) is 38.8 Å². The highest BCUT2D eigenvalue weighted by molar-refractivity contribution is 4.88. The largest absolute Gasteiger partial charge is 0.379 e. The van der Waals surface area contributed by atoms with Crippen molar-refractivity contribution in [3.05, 3.63) is 0 Å². The second-order valence-corrected chi connectivity index (χ2v) is 6.75. The van der Waals surface area contributed by atoms with Gasteiger partial charge in [-0.2, -0.15) is 0 Å². The summed E-state index contributed by atoms with van der Waals surface area (Å²) in [6, 6.07) is 0. The molecule has 1 N–H and O–H groups in total. The highest BCUT2D eigenvalue weighted by Crippen LogP contribution is 2.35. The Kier molecular flexibility index (Phi) is 5.63. The van der Waals surface area contributed by atoms with Gasteiger partial charge in [-0.1, -0.05) is 13.8 Å². The Morgan fingerprint density at radius 1 is 1.11 bits per heavy atom. The zero-order valence-corrected chi connectivity index (χ0v) is 13.0. The molecule has 4 heteroatoms. The van der Waals surface area contributed by atoms with E-state index in [-0.39, 0.29) is 0 Å². The van der Waals surface area contributed by atoms with Crippen LogP contribution in [0.25, 0.3) is 0 Å². The third-order valence-electron chi connectivity index (χ3n) is 4.94. The third-order valence-corrected chi connectivity index (χ3v) is 4.94. The molecule has 0 aromatic carbocycles. The van der Waals surface area contributed by atoms with Crippen LogP contribution in [-0.4, -0.2) is 75.9 Å². The maximum Gasteiger partial charge on any atom is 0.0594 e. The second-order valence-electron chi connectivity index (χ2n) is 6.75. The molecule has 2 heterocycles. The van der Waals surface area contributed by atoms with Crippen molar-refractivity contribution in [2.45, 2.75) is 20.3 Å². The number of rotatable bonds is 5. The monoisotopic (exact) mass is 269 g/mol. The van der Waals surface area contributed by atoms with Crippen LogP contribution < -0.4 is 5.32 Å². The fourth-order valence-corrected chi connectivity index (χ4v) is 3.20. The molecule has 0 aromatic rings. The van der Waals surface area contributed by atoms with Crippen LogP contribution in [0.4, 0.5) is 0 Å². The first kappa shape index (κ1) is 15.2. The van der Waals surface area contributed by atoms with Crippen molar-refractivity contribution in [3.63, 3.8) is 0 Å². The number of hydrogen-bond acceptors (Lipinski definition) is 4. The summed E-state index contributed by atoms with van der Waals surface area (Å²) in [6.45, 7) is 15.0. The fraction of sp³-hybridized carbons (Fsp3) is 1.00. The molecule has 0 spiro atoms. The maximum atomic E-state index is 5.40. The minimum Gasteiger partial charge on any atom is -0.379 e. The molecule has 2 fully saturated rings. The van der Waals surface area contributed by atoms with Gasteiger partial charge in [-0.25, -0.2) is 0 Å². The summed E-state index contributed by atoms with van der Waals surface area (Å²) in [4.78, 5) is 5.19. The number of hydrogen-bond donors (Lipinski definition) is 1. The number of piperidine rings is 1. The SMILES string of the molecule is CNCC1CN(CCN2CCOCC2)CCC1(C)C. The molecule has 2 aliphatic heterocycles. The average Bonchev–Trinajstić information content (AvgIpc) is 2.41. The first-order valence-corrected chi connectivity index (χ1v) is 7.79. The van der Waals surface area contributed by atoms with Gasteiger partial charge in [0, 0.05) is 32.7 Å². The van der Waals surface area contributed by atoms with E-state index in [4.69, 9.17) is 4.74 Å². The Morgan fingerprint density at radius 2 is 1.79 bits per heavy atom. The zero-order valence-electron chi connectivity index (χ0n) is 13.0. The van der Waals surface area contributed by atoms with E-state index in [2.05, 4.69) is 36.0 Å². The number of ether oxygens (including phenoxy) is 1. The van der Waals surface area contributed by atoms with E-state index in [1.165, 1.54) is 32.6 Å². The normalized spacial score (nSPS) is 29.5. The average molecular weight is 269 g/mol. The van der Waals surface area contributed by atoms with Crippen LogP contribution in [0.15, 0.2) is 0 Å². The molecule has 0 saturated carbocycles. The number of morpholine rings is 1. The second kappa shape index (κ2) is 7.02. The number of nitrogens with zero attached hydrogens (tertiary/aromatic N) is 2. The Hall–Kier alpha value is -0.160. The van der Waals surface area contributed by atoms with E-state index in [9.17, 15) is 0 Å². The molecule has 1 atom stereocenters. The quantitative estimate of drug-likeness (QED) is 0.802. The van der Waals surface area contributed by atoms with Crippen LogP contribution in [0.1, 0.15) is 20.3 Å². The minimum absolute atomic E-state index is 0.485. The molecule has 1 unspecified atom stereocenters. The maximum absolute atomic E-state index is 5.40. The molecule has 0 radical (unpaired) electrons. The molecule has 2 aliphatic rings. The highest BCUT2D eigenvalue weighted by atomic mass is 16.5. The summed E-state index contributed by atoms with van der Waals surface area (Å²) in [7, 11) is 2.07. The van der Waals surface area contributed by atoms with E-state index < -0.39 is 0 Å². The summed E-state index contributed by atoms with van der Waals surface area (Å²) in [5, 5.41) is 3.37. The van der Waals surface area contributed by atoms with Crippen molar-refractivity contribution in [1.29, 1.82) is 0 Å². The Bertz CT molecular complexity index is 264. The Balaban J connectivity index is 1.75. The topological polar surface area (TPSA) is 27.7 Å². The molecule has 4 nitrogen and oxygen atoms in total. The molecule has 2 saturated heterocycles. The molecule has 0 aliphatic carbocycles. The lowest BCUT2D eigenvalue weighted by molar-refractivity contribution is 0.0205. The molecular weight excluding hydrogens is 238 g/mol. The van der Waals surface area contributed by atoms with Gasteiger partial charge in [-0.05, 0) is 37.9 Å². The molecule has 0 aromatic heterocycles. The van der Waals surface area contributed by atoms with Gasteiger partial charge in [0.05, 0.1) is 13.2 Å². The van der Waals surface area contributed by atoms with E-state index in [0.29, 0.717) is 5.41 Å². The van der Waals surface area contributed by atoms with Gasteiger partial charge in [0.2, 0.25) is 0 Å². The lowest BCUT2D eigenvalue weighted by atomic mass is 9.73. The van der Waals surface area contributed by atoms with Gasteiger partial charge in [0.25, 0.3) is 0 Å². The van der Waals surface area contributed by atoms with Crippen molar-refractivity contribution in [2.24, 2.45) is 11.3 Å². The van der Waals surface area contributed by atoms with E-state index in [1.54, 1.807) is 0 Å². The first-order valence-electron chi connectivity index (χ1n) is 7.79. The Labute approximate surface area is 118 Å². The van der Waals surface area contributed by atoms with Crippen LogP contribution in [-0.2, 0) is 4.74 Å². The molecule has 2 rings (SSSR count). The van der Waals surface area contributed by atoms with Crippen LogP contribution in [0.2, 0.25) is 0 Å². The summed E-state index contributed by atoms with van der Waals surface area (Å²) < 4.78 is 5.40. The number of likely N-dealkylation sites (tertiary alicyclic amines) is 1. The van der Waals surface area contributed by atoms with Gasteiger partial charge in [0.15, 0.2) is 0 Å². The van der Waals surface area contributed by atoms with Crippen LogP contribution >= 0.6 is 0 Å². The predicted octanol–water partition coefficient (Wildman–Crippen LogP) is 0.886. The molecule has 112 valence electrons. The van der Waals surface area contributed by atoms with E-state index >= 15 is 0 Å². The van der Waals surface area contributed by atoms with Gasteiger partial charge >= 0.3 is 0 Å². The molecule has 0 bridgehead atoms. The van der Waals surface area contributed by atoms with Crippen LogP contribution in [0.3, 0.4) is 0 Å². The van der Waals surface area contributed by atoms with Gasteiger partial charge in [0.1, 0.15) is 0 Å². The van der Waals surface area contributed by atoms with Crippen LogP contribution in [0, 0.1) is 11.3 Å². The van der Waals surface area contributed by atoms with Gasteiger partial charge < -0.3 is 15.0 Å².